The number of fused-ring (bicyclic) bond motifs is 2. The van der Waals surface area contributed by atoms with Crippen LogP contribution in [-0.2, 0) is 0 Å². The Morgan fingerprint density at radius 1 is 1.20 bits per heavy atom. The fourth-order valence-electron chi connectivity index (χ4n) is 3.62. The predicted molar refractivity (Wildman–Crippen MR) is 70.6 cm³/mol. The number of phenolic OH excluding ortho intramolecular Hbond substituents is 2. The van der Waals surface area contributed by atoms with Gasteiger partial charge in [-0.2, -0.15) is 0 Å². The lowest BCUT2D eigenvalue weighted by atomic mass is 9.65. The second-order valence-corrected chi connectivity index (χ2v) is 5.90. The molecule has 2 aliphatic rings. The number of hydrogen-bond acceptors (Lipinski definition) is 5. The maximum Gasteiger partial charge on any atom is 0.170 e. The summed E-state index contributed by atoms with van der Waals surface area (Å²) < 4.78 is 0. The summed E-state index contributed by atoms with van der Waals surface area (Å²) in [5.41, 5.74) is 0.573. The van der Waals surface area contributed by atoms with Crippen molar-refractivity contribution in [3.05, 3.63) is 22.8 Å². The summed E-state index contributed by atoms with van der Waals surface area (Å²) in [6.07, 6.45) is -0.206. The van der Waals surface area contributed by atoms with Gasteiger partial charge in [-0.3, -0.25) is 4.79 Å². The van der Waals surface area contributed by atoms with Gasteiger partial charge < -0.3 is 20.4 Å². The first kappa shape index (κ1) is 13.4. The molecule has 0 aliphatic heterocycles. The number of carbonyl (C=O) groups is 1. The molecule has 0 aromatic heterocycles. The third-order valence-corrected chi connectivity index (χ3v) is 4.66. The number of aromatic hydroxyl groups is 2. The molecule has 108 valence electrons. The van der Waals surface area contributed by atoms with Gasteiger partial charge in [-0.25, -0.2) is 0 Å². The van der Waals surface area contributed by atoms with Crippen LogP contribution in [0.3, 0.4) is 0 Å². The van der Waals surface area contributed by atoms with E-state index < -0.39 is 24.0 Å². The lowest BCUT2D eigenvalue weighted by Gasteiger charge is -2.41. The maximum atomic E-state index is 12.5. The SMILES string of the molecule is Cc1cc(O)c2c(c1O)[C@H](O)[C@H]1C[C@@H](O)CC[C@@H]1C2=O. The van der Waals surface area contributed by atoms with Crippen molar-refractivity contribution in [2.45, 2.75) is 38.4 Å². The fourth-order valence-corrected chi connectivity index (χ4v) is 3.62. The maximum absolute atomic E-state index is 12.5. The molecule has 3 rings (SSSR count). The molecule has 0 saturated heterocycles. The number of hydrogen-bond donors (Lipinski definition) is 4. The van der Waals surface area contributed by atoms with Gasteiger partial charge in [0.2, 0.25) is 0 Å². The van der Waals surface area contributed by atoms with E-state index in [0.29, 0.717) is 24.8 Å². The molecule has 1 saturated carbocycles. The zero-order valence-corrected chi connectivity index (χ0v) is 11.2. The van der Waals surface area contributed by atoms with Gasteiger partial charge in [0, 0.05) is 17.4 Å². The van der Waals surface area contributed by atoms with Crippen molar-refractivity contribution < 1.29 is 25.2 Å². The molecule has 0 bridgehead atoms. The first-order valence-corrected chi connectivity index (χ1v) is 6.87. The molecule has 0 unspecified atom stereocenters. The van der Waals surface area contributed by atoms with Gasteiger partial charge in [-0.15, -0.1) is 0 Å². The molecule has 4 N–H and O–H groups in total. The van der Waals surface area contributed by atoms with E-state index in [-0.39, 0.29) is 28.4 Å². The summed E-state index contributed by atoms with van der Waals surface area (Å²) in [6, 6.07) is 1.34. The number of rotatable bonds is 0. The van der Waals surface area contributed by atoms with Crippen LogP contribution in [0.25, 0.3) is 0 Å². The summed E-state index contributed by atoms with van der Waals surface area (Å²) in [5, 5.41) is 40.4. The number of phenols is 2. The Balaban J connectivity index is 2.18. The molecule has 2 aliphatic carbocycles. The minimum absolute atomic E-state index is 0.0400. The topological polar surface area (TPSA) is 98.0 Å². The summed E-state index contributed by atoms with van der Waals surface area (Å²) in [6.45, 7) is 1.61. The largest absolute Gasteiger partial charge is 0.507 e. The predicted octanol–water partition coefficient (Wildman–Crippen LogP) is 1.41. The third kappa shape index (κ3) is 1.73. The molecular weight excluding hydrogens is 260 g/mol. The zero-order chi connectivity index (χ0) is 14.6. The molecule has 0 amide bonds. The van der Waals surface area contributed by atoms with Crippen molar-refractivity contribution in [2.75, 3.05) is 0 Å². The zero-order valence-electron chi connectivity index (χ0n) is 11.2. The van der Waals surface area contributed by atoms with Crippen LogP contribution < -0.4 is 0 Å². The van der Waals surface area contributed by atoms with Crippen molar-refractivity contribution in [1.29, 1.82) is 0 Å². The summed E-state index contributed by atoms with van der Waals surface area (Å²) in [4.78, 5) is 12.5. The van der Waals surface area contributed by atoms with E-state index in [1.807, 2.05) is 0 Å². The Kier molecular flexibility index (Phi) is 2.99. The van der Waals surface area contributed by atoms with Gasteiger partial charge >= 0.3 is 0 Å². The van der Waals surface area contributed by atoms with E-state index in [2.05, 4.69) is 0 Å². The first-order valence-electron chi connectivity index (χ1n) is 6.87. The molecule has 1 fully saturated rings. The van der Waals surface area contributed by atoms with Gasteiger partial charge in [0.05, 0.1) is 17.8 Å². The number of aliphatic hydroxyl groups excluding tert-OH is 2. The lowest BCUT2D eigenvalue weighted by molar-refractivity contribution is -0.00809. The van der Waals surface area contributed by atoms with Crippen molar-refractivity contribution in [2.24, 2.45) is 11.8 Å². The van der Waals surface area contributed by atoms with Crippen LogP contribution >= 0.6 is 0 Å². The Labute approximate surface area is 116 Å². The summed E-state index contributed by atoms with van der Waals surface area (Å²) in [5.74, 6) is -1.36. The molecule has 5 nitrogen and oxygen atoms in total. The Hall–Kier alpha value is -1.59. The minimum Gasteiger partial charge on any atom is -0.507 e. The summed E-state index contributed by atoms with van der Waals surface area (Å²) >= 11 is 0. The standard InChI is InChI=1S/C15H18O5/c1-6-4-10(17)11-12(13(6)18)15(20)9-5-7(16)2-3-8(9)14(11)19/h4,7-9,15-18,20H,2-3,5H2,1H3/t7-,8-,9-,15+/m0/s1. The molecule has 1 aromatic carbocycles. The van der Waals surface area contributed by atoms with Gasteiger partial charge in [0.1, 0.15) is 11.5 Å². The van der Waals surface area contributed by atoms with Crippen molar-refractivity contribution in [3.8, 4) is 11.5 Å². The highest BCUT2D eigenvalue weighted by Gasteiger charge is 2.46. The molecule has 20 heavy (non-hydrogen) atoms. The van der Waals surface area contributed by atoms with Crippen LogP contribution in [0.4, 0.5) is 0 Å². The van der Waals surface area contributed by atoms with E-state index in [4.69, 9.17) is 0 Å². The number of aliphatic hydroxyl groups is 2. The first-order chi connectivity index (χ1) is 9.41. The van der Waals surface area contributed by atoms with Gasteiger partial charge in [0.25, 0.3) is 0 Å². The van der Waals surface area contributed by atoms with Gasteiger partial charge in [-0.05, 0) is 37.8 Å². The van der Waals surface area contributed by atoms with E-state index in [1.165, 1.54) is 6.07 Å². The van der Waals surface area contributed by atoms with Crippen molar-refractivity contribution >= 4 is 5.78 Å². The smallest absolute Gasteiger partial charge is 0.170 e. The highest BCUT2D eigenvalue weighted by molar-refractivity contribution is 6.04. The fraction of sp³-hybridized carbons (Fsp3) is 0.533. The number of carbonyl (C=O) groups excluding carboxylic acids is 1. The molecule has 0 spiro atoms. The van der Waals surface area contributed by atoms with Crippen LogP contribution in [0.2, 0.25) is 0 Å². The van der Waals surface area contributed by atoms with Crippen LogP contribution in [-0.4, -0.2) is 32.3 Å². The number of Topliss-reactive ketones (excluding diaryl/α,β-unsaturated/α-hetero) is 1. The second-order valence-electron chi connectivity index (χ2n) is 5.90. The molecule has 0 radical (unpaired) electrons. The monoisotopic (exact) mass is 278 g/mol. The molecular formula is C15H18O5. The Bertz CT molecular complexity index is 580. The molecule has 1 aromatic rings. The van der Waals surface area contributed by atoms with Crippen LogP contribution in [0.5, 0.6) is 11.5 Å². The van der Waals surface area contributed by atoms with Gasteiger partial charge in [-0.1, -0.05) is 0 Å². The highest BCUT2D eigenvalue weighted by Crippen LogP contribution is 2.50. The average Bonchev–Trinajstić information content (AvgIpc) is 2.40. The van der Waals surface area contributed by atoms with Crippen LogP contribution in [0.1, 0.15) is 46.9 Å². The molecule has 4 atom stereocenters. The quantitative estimate of drug-likeness (QED) is 0.538. The van der Waals surface area contributed by atoms with E-state index in [1.54, 1.807) is 6.92 Å². The summed E-state index contributed by atoms with van der Waals surface area (Å²) in [7, 11) is 0. The normalized spacial score (nSPS) is 32.6. The van der Waals surface area contributed by atoms with Gasteiger partial charge in [0.15, 0.2) is 5.78 Å². The number of aryl methyl sites for hydroxylation is 1. The Morgan fingerprint density at radius 2 is 1.90 bits per heavy atom. The number of ketones is 1. The second kappa shape index (κ2) is 4.46. The van der Waals surface area contributed by atoms with Crippen molar-refractivity contribution in [1.82, 2.24) is 0 Å². The third-order valence-electron chi connectivity index (χ3n) is 4.66. The lowest BCUT2D eigenvalue weighted by Crippen LogP contribution is -2.40. The highest BCUT2D eigenvalue weighted by atomic mass is 16.3. The van der Waals surface area contributed by atoms with Crippen molar-refractivity contribution in [3.63, 3.8) is 0 Å². The van der Waals surface area contributed by atoms with Crippen LogP contribution in [0, 0.1) is 18.8 Å². The Morgan fingerprint density at radius 3 is 2.60 bits per heavy atom. The minimum atomic E-state index is -1.03. The van der Waals surface area contributed by atoms with E-state index in [0.717, 1.165) is 0 Å². The molecule has 5 heteroatoms. The number of benzene rings is 1. The average molecular weight is 278 g/mol. The van der Waals surface area contributed by atoms with Crippen LogP contribution in [0.15, 0.2) is 6.07 Å². The van der Waals surface area contributed by atoms with E-state index >= 15 is 0 Å². The van der Waals surface area contributed by atoms with E-state index in [9.17, 15) is 25.2 Å². The molecule has 0 heterocycles.